The molecular formula is C43H52O2S2. The van der Waals surface area contributed by atoms with Crippen LogP contribution in [0.4, 0.5) is 0 Å². The van der Waals surface area contributed by atoms with Gasteiger partial charge in [-0.3, -0.25) is 9.59 Å². The van der Waals surface area contributed by atoms with Crippen molar-refractivity contribution in [2.75, 3.05) is 0 Å². The maximum atomic E-state index is 14.0. The molecule has 3 unspecified atom stereocenters. The SMILES string of the molecule is C=C/C(=C\C=C(/C)Sc1cccc2c1C(=O)c1cccc(Sc3ccc(C)cc3)c1C2=O)C(C)CCC(CC)CCCC(C)CCC. The lowest BCUT2D eigenvalue weighted by Gasteiger charge is -2.22. The van der Waals surface area contributed by atoms with Crippen molar-refractivity contribution >= 4 is 35.1 Å². The molecule has 248 valence electrons. The number of fused-ring (bicyclic) bond motifs is 2. The Labute approximate surface area is 292 Å². The summed E-state index contributed by atoms with van der Waals surface area (Å²) < 4.78 is 0. The molecule has 0 N–H and O–H groups in total. The van der Waals surface area contributed by atoms with E-state index in [0.29, 0.717) is 28.2 Å². The van der Waals surface area contributed by atoms with Crippen molar-refractivity contribution in [2.24, 2.45) is 17.8 Å². The summed E-state index contributed by atoms with van der Waals surface area (Å²) in [6.45, 7) is 17.6. The van der Waals surface area contributed by atoms with Gasteiger partial charge in [-0.1, -0.05) is 157 Å². The third-order valence-corrected chi connectivity index (χ3v) is 11.6. The number of rotatable bonds is 17. The standard InChI is InChI=1S/C43H52O2S2/c1-8-14-29(4)15-11-16-33(9-2)25-23-31(6)34(10-3)26-24-32(7)46-38-19-12-17-36-40(38)42(44)37-18-13-20-39(41(37)43(36)45)47-35-27-21-30(5)22-28-35/h10,12-13,17-22,24,26-29,31,33H,3,8-9,11,14-16,23,25H2,1-2,4-7H3/b32-24+,34-26+. The number of hydrogen-bond acceptors (Lipinski definition) is 4. The predicted octanol–water partition coefficient (Wildman–Crippen LogP) is 13.1. The Bertz CT molecular complexity index is 1610. The number of hydrogen-bond donors (Lipinski definition) is 0. The van der Waals surface area contributed by atoms with E-state index in [4.69, 9.17) is 0 Å². The molecular weight excluding hydrogens is 613 g/mol. The van der Waals surface area contributed by atoms with E-state index in [2.05, 4.69) is 84.5 Å². The first-order valence-corrected chi connectivity index (χ1v) is 19.1. The first kappa shape index (κ1) is 36.8. The van der Waals surface area contributed by atoms with Gasteiger partial charge in [0.05, 0.1) is 0 Å². The maximum absolute atomic E-state index is 14.0. The lowest BCUT2D eigenvalue weighted by molar-refractivity contribution is 0.0974. The maximum Gasteiger partial charge on any atom is 0.195 e. The highest BCUT2D eigenvalue weighted by Gasteiger charge is 2.33. The molecule has 4 rings (SSSR count). The third-order valence-electron chi connectivity index (χ3n) is 9.51. The van der Waals surface area contributed by atoms with Crippen molar-refractivity contribution in [3.05, 3.63) is 124 Å². The van der Waals surface area contributed by atoms with Crippen molar-refractivity contribution in [3.8, 4) is 0 Å². The molecule has 0 fully saturated rings. The molecule has 0 radical (unpaired) electrons. The largest absolute Gasteiger partial charge is 0.289 e. The molecule has 0 saturated carbocycles. The van der Waals surface area contributed by atoms with Gasteiger partial charge in [-0.25, -0.2) is 0 Å². The Morgan fingerprint density at radius 1 is 0.787 bits per heavy atom. The fraction of sp³-hybridized carbons (Fsp3) is 0.395. The topological polar surface area (TPSA) is 34.1 Å². The average Bonchev–Trinajstić information content (AvgIpc) is 3.06. The fourth-order valence-corrected chi connectivity index (χ4v) is 8.45. The van der Waals surface area contributed by atoms with Crippen LogP contribution in [0.2, 0.25) is 0 Å². The predicted molar refractivity (Wildman–Crippen MR) is 203 cm³/mol. The minimum absolute atomic E-state index is 0.0851. The number of benzene rings is 3. The lowest BCUT2D eigenvalue weighted by atomic mass is 9.84. The molecule has 47 heavy (non-hydrogen) atoms. The van der Waals surface area contributed by atoms with Crippen LogP contribution >= 0.6 is 23.5 Å². The van der Waals surface area contributed by atoms with Crippen LogP contribution in [0.15, 0.2) is 111 Å². The fourth-order valence-electron chi connectivity index (χ4n) is 6.53. The zero-order valence-corrected chi connectivity index (χ0v) is 30.9. The summed E-state index contributed by atoms with van der Waals surface area (Å²) in [5.41, 5.74) is 4.41. The molecule has 0 aromatic heterocycles. The molecule has 1 aliphatic carbocycles. The van der Waals surface area contributed by atoms with Crippen LogP contribution in [0.5, 0.6) is 0 Å². The summed E-state index contributed by atoms with van der Waals surface area (Å²) in [4.78, 5) is 31.6. The first-order valence-electron chi connectivity index (χ1n) is 17.4. The Hall–Kier alpha value is -3.08. The number of carbonyl (C=O) groups is 2. The normalized spacial score (nSPS) is 15.2. The highest BCUT2D eigenvalue weighted by molar-refractivity contribution is 8.03. The van der Waals surface area contributed by atoms with Crippen molar-refractivity contribution < 1.29 is 9.59 Å². The molecule has 3 aromatic carbocycles. The van der Waals surface area contributed by atoms with Crippen molar-refractivity contribution in [1.29, 1.82) is 0 Å². The third kappa shape index (κ3) is 9.74. The number of carbonyl (C=O) groups excluding carboxylic acids is 2. The van der Waals surface area contributed by atoms with E-state index >= 15 is 0 Å². The molecule has 0 bridgehead atoms. The van der Waals surface area contributed by atoms with Gasteiger partial charge in [-0.2, -0.15) is 0 Å². The lowest BCUT2D eigenvalue weighted by Crippen LogP contribution is -2.22. The van der Waals surface area contributed by atoms with Gasteiger partial charge < -0.3 is 0 Å². The van der Waals surface area contributed by atoms with Gasteiger partial charge >= 0.3 is 0 Å². The summed E-state index contributed by atoms with van der Waals surface area (Å²) in [5, 5.41) is 0. The highest BCUT2D eigenvalue weighted by atomic mass is 32.2. The second-order valence-electron chi connectivity index (χ2n) is 13.3. The number of allylic oxidation sites excluding steroid dienone is 5. The summed E-state index contributed by atoms with van der Waals surface area (Å²) in [5.74, 6) is 1.89. The molecule has 4 heteroatoms. The van der Waals surface area contributed by atoms with Crippen LogP contribution in [0.1, 0.15) is 123 Å². The Kier molecular flexibility index (Phi) is 14.0. The Morgan fingerprint density at radius 2 is 1.43 bits per heavy atom. The zero-order valence-electron chi connectivity index (χ0n) is 29.2. The van der Waals surface area contributed by atoms with Crippen LogP contribution in [0, 0.1) is 24.7 Å². The van der Waals surface area contributed by atoms with Crippen molar-refractivity contribution in [3.63, 3.8) is 0 Å². The number of thioether (sulfide) groups is 1. The monoisotopic (exact) mass is 664 g/mol. The van der Waals surface area contributed by atoms with Crippen LogP contribution in [-0.4, -0.2) is 11.6 Å². The molecule has 0 amide bonds. The van der Waals surface area contributed by atoms with Gasteiger partial charge in [0.1, 0.15) is 0 Å². The van der Waals surface area contributed by atoms with Crippen LogP contribution in [-0.2, 0) is 0 Å². The van der Waals surface area contributed by atoms with Gasteiger partial charge in [0.2, 0.25) is 0 Å². The molecule has 0 saturated heterocycles. The summed E-state index contributed by atoms with van der Waals surface area (Å²) in [6, 6.07) is 19.5. The number of ketones is 2. The Balaban J connectivity index is 1.45. The van der Waals surface area contributed by atoms with Crippen molar-refractivity contribution in [1.82, 2.24) is 0 Å². The van der Waals surface area contributed by atoms with E-state index in [1.54, 1.807) is 23.9 Å². The quantitative estimate of drug-likeness (QED) is 0.0831. The van der Waals surface area contributed by atoms with E-state index in [1.807, 2.05) is 30.3 Å². The molecule has 3 atom stereocenters. The first-order chi connectivity index (χ1) is 22.7. The summed E-state index contributed by atoms with van der Waals surface area (Å²) in [6.07, 6.45) is 16.6. The smallest absolute Gasteiger partial charge is 0.195 e. The second-order valence-corrected chi connectivity index (χ2v) is 15.7. The van der Waals surface area contributed by atoms with E-state index in [0.717, 1.165) is 37.8 Å². The van der Waals surface area contributed by atoms with E-state index in [-0.39, 0.29) is 11.6 Å². The van der Waals surface area contributed by atoms with E-state index in [9.17, 15) is 9.59 Å². The van der Waals surface area contributed by atoms with Gasteiger partial charge in [-0.15, -0.1) is 0 Å². The highest BCUT2D eigenvalue weighted by Crippen LogP contribution is 2.41. The second kappa shape index (κ2) is 17.9. The minimum atomic E-state index is -0.0857. The minimum Gasteiger partial charge on any atom is -0.289 e. The molecule has 0 heterocycles. The summed E-state index contributed by atoms with van der Waals surface area (Å²) in [7, 11) is 0. The van der Waals surface area contributed by atoms with Gasteiger partial charge in [0.15, 0.2) is 11.6 Å². The van der Waals surface area contributed by atoms with Crippen LogP contribution in [0.3, 0.4) is 0 Å². The Morgan fingerprint density at radius 3 is 2.04 bits per heavy atom. The molecule has 1 aliphatic rings. The van der Waals surface area contributed by atoms with Crippen molar-refractivity contribution in [2.45, 2.75) is 108 Å². The van der Waals surface area contributed by atoms with E-state index in [1.165, 1.54) is 67.8 Å². The van der Waals surface area contributed by atoms with Gasteiger partial charge in [-0.05, 0) is 79.2 Å². The summed E-state index contributed by atoms with van der Waals surface area (Å²) >= 11 is 3.08. The van der Waals surface area contributed by atoms with Crippen LogP contribution < -0.4 is 0 Å². The molecule has 2 nitrogen and oxygen atoms in total. The van der Waals surface area contributed by atoms with Crippen LogP contribution in [0.25, 0.3) is 0 Å². The van der Waals surface area contributed by atoms with Gasteiger partial charge in [0, 0.05) is 36.9 Å². The molecule has 0 aliphatic heterocycles. The molecule has 3 aromatic rings. The van der Waals surface area contributed by atoms with Gasteiger partial charge in [0.25, 0.3) is 0 Å². The molecule has 0 spiro atoms. The number of aryl methyl sites for hydroxylation is 1. The van der Waals surface area contributed by atoms with E-state index < -0.39 is 0 Å². The average molecular weight is 665 g/mol. The zero-order chi connectivity index (χ0) is 33.9.